The molecule has 6 nitrogen and oxygen atoms in total. The highest BCUT2D eigenvalue weighted by atomic mass is 35.5. The molecule has 3 aromatic rings. The van der Waals surface area contributed by atoms with Gasteiger partial charge in [-0.1, -0.05) is 38.6 Å². The summed E-state index contributed by atoms with van der Waals surface area (Å²) in [6, 6.07) is 9.23. The van der Waals surface area contributed by atoms with Gasteiger partial charge in [0.25, 0.3) is 0 Å². The number of rotatable bonds is 6. The highest BCUT2D eigenvalue weighted by Crippen LogP contribution is 2.39. The van der Waals surface area contributed by atoms with E-state index in [0.717, 1.165) is 21.1 Å². The molecule has 8 heteroatoms. The van der Waals surface area contributed by atoms with Crippen LogP contribution in [-0.2, 0) is 4.74 Å². The summed E-state index contributed by atoms with van der Waals surface area (Å²) in [5, 5.41) is 3.88. The highest BCUT2D eigenvalue weighted by Gasteiger charge is 2.18. The van der Waals surface area contributed by atoms with Crippen molar-refractivity contribution in [1.82, 2.24) is 15.0 Å². The Labute approximate surface area is 172 Å². The molecular formula is C20H19ClN4O2S. The zero-order chi connectivity index (χ0) is 20.1. The first-order valence-corrected chi connectivity index (χ1v) is 9.82. The fraction of sp³-hybridized carbons (Fsp3) is 0.200. The van der Waals surface area contributed by atoms with Crippen molar-refractivity contribution in [3.8, 4) is 21.8 Å². The quantitative estimate of drug-likeness (QED) is 0.408. The van der Waals surface area contributed by atoms with Gasteiger partial charge in [-0.3, -0.25) is 5.32 Å². The van der Waals surface area contributed by atoms with E-state index in [4.69, 9.17) is 21.3 Å². The third-order valence-electron chi connectivity index (χ3n) is 3.71. The van der Waals surface area contributed by atoms with Crippen LogP contribution in [0.2, 0.25) is 5.28 Å². The van der Waals surface area contributed by atoms with Gasteiger partial charge in [0.1, 0.15) is 6.61 Å². The van der Waals surface area contributed by atoms with Crippen LogP contribution in [0.1, 0.15) is 24.8 Å². The Morgan fingerprint density at radius 1 is 1.36 bits per heavy atom. The molecule has 28 heavy (non-hydrogen) atoms. The Morgan fingerprint density at radius 3 is 2.89 bits per heavy atom. The number of benzene rings is 1. The van der Waals surface area contributed by atoms with Crippen LogP contribution in [0.5, 0.6) is 0 Å². The molecule has 0 spiro atoms. The Kier molecular flexibility index (Phi) is 6.38. The number of nitrogens with one attached hydrogen (secondary N) is 1. The van der Waals surface area contributed by atoms with E-state index in [0.29, 0.717) is 11.4 Å². The van der Waals surface area contributed by atoms with Crippen LogP contribution in [0.4, 0.5) is 10.5 Å². The van der Waals surface area contributed by atoms with Gasteiger partial charge in [0.15, 0.2) is 0 Å². The molecule has 2 aromatic heterocycles. The molecular weight excluding hydrogens is 396 g/mol. The van der Waals surface area contributed by atoms with Crippen molar-refractivity contribution < 1.29 is 9.53 Å². The lowest BCUT2D eigenvalue weighted by Crippen LogP contribution is -2.13. The number of hydrogen-bond acceptors (Lipinski definition) is 6. The Balaban J connectivity index is 2.00. The van der Waals surface area contributed by atoms with Crippen LogP contribution >= 0.6 is 22.9 Å². The maximum Gasteiger partial charge on any atom is 0.411 e. The normalized spacial score (nSPS) is 10.7. The summed E-state index contributed by atoms with van der Waals surface area (Å²) in [6.07, 6.45) is 2.59. The number of halogens is 1. The first kappa shape index (κ1) is 20.0. The Bertz CT molecular complexity index is 1000. The average molecular weight is 415 g/mol. The van der Waals surface area contributed by atoms with Gasteiger partial charge in [-0.15, -0.1) is 11.3 Å². The number of amides is 1. The van der Waals surface area contributed by atoms with E-state index in [2.05, 4.69) is 35.7 Å². The van der Waals surface area contributed by atoms with Gasteiger partial charge in [-0.25, -0.2) is 19.7 Å². The molecule has 0 aliphatic rings. The summed E-state index contributed by atoms with van der Waals surface area (Å²) in [7, 11) is 0. The minimum atomic E-state index is -0.541. The van der Waals surface area contributed by atoms with Gasteiger partial charge < -0.3 is 4.74 Å². The molecule has 1 N–H and O–H groups in total. The lowest BCUT2D eigenvalue weighted by atomic mass is 10.1. The van der Waals surface area contributed by atoms with Crippen molar-refractivity contribution in [2.45, 2.75) is 19.8 Å². The highest BCUT2D eigenvalue weighted by molar-refractivity contribution is 7.15. The summed E-state index contributed by atoms with van der Waals surface area (Å²) < 4.78 is 4.97. The van der Waals surface area contributed by atoms with Crippen LogP contribution < -0.4 is 5.32 Å². The molecule has 0 aliphatic carbocycles. The predicted molar refractivity (Wildman–Crippen MR) is 113 cm³/mol. The lowest BCUT2D eigenvalue weighted by molar-refractivity contribution is 0.174. The van der Waals surface area contributed by atoms with Crippen molar-refractivity contribution >= 4 is 34.7 Å². The monoisotopic (exact) mass is 414 g/mol. The topological polar surface area (TPSA) is 77.0 Å². The summed E-state index contributed by atoms with van der Waals surface area (Å²) in [6.45, 7) is 7.85. The summed E-state index contributed by atoms with van der Waals surface area (Å²) in [4.78, 5) is 25.8. The minimum absolute atomic E-state index is 0.147. The second-order valence-corrected chi connectivity index (χ2v) is 7.56. The summed E-state index contributed by atoms with van der Waals surface area (Å²) in [5.74, 6) is 0.269. The van der Waals surface area contributed by atoms with E-state index in [1.165, 1.54) is 6.08 Å². The van der Waals surface area contributed by atoms with E-state index >= 15 is 0 Å². The smallest absolute Gasteiger partial charge is 0.411 e. The molecule has 0 aliphatic heterocycles. The molecule has 144 valence electrons. The number of carbonyl (C=O) groups is 1. The number of hydrogen-bond donors (Lipinski definition) is 1. The molecule has 0 saturated heterocycles. The average Bonchev–Trinajstić information content (AvgIpc) is 3.12. The maximum absolute atomic E-state index is 11.8. The van der Waals surface area contributed by atoms with Crippen LogP contribution in [0.15, 0.2) is 49.2 Å². The molecule has 0 radical (unpaired) electrons. The molecule has 0 saturated carbocycles. The summed E-state index contributed by atoms with van der Waals surface area (Å²) in [5.41, 5.74) is 2.96. The van der Waals surface area contributed by atoms with Crippen LogP contribution in [-0.4, -0.2) is 27.7 Å². The van der Waals surface area contributed by atoms with E-state index in [1.54, 1.807) is 23.6 Å². The Morgan fingerprint density at radius 2 is 2.18 bits per heavy atom. The van der Waals surface area contributed by atoms with Crippen molar-refractivity contribution in [2.75, 3.05) is 11.9 Å². The summed E-state index contributed by atoms with van der Waals surface area (Å²) >= 11 is 7.55. The van der Waals surface area contributed by atoms with Gasteiger partial charge >= 0.3 is 6.09 Å². The number of carbonyl (C=O) groups excluding carboxylic acids is 1. The first-order valence-electron chi connectivity index (χ1n) is 8.62. The molecule has 0 atom stereocenters. The van der Waals surface area contributed by atoms with Gasteiger partial charge in [0.05, 0.1) is 21.3 Å². The van der Waals surface area contributed by atoms with Gasteiger partial charge in [-0.2, -0.15) is 0 Å². The number of aromatic nitrogens is 3. The standard InChI is InChI=1S/C20H19ClN4O2S/c1-4-10-27-20(26)23-14-7-5-6-13(11-14)16-17(28-18(25-16)12(2)3)15-8-9-22-19(21)24-15/h4-9,11-12H,1,10H2,2-3H3,(H,23,26). The molecule has 3 rings (SSSR count). The second-order valence-electron chi connectivity index (χ2n) is 6.19. The van der Waals surface area contributed by atoms with Crippen LogP contribution in [0.3, 0.4) is 0 Å². The SMILES string of the molecule is C=CCOC(=O)Nc1cccc(-c2nc(C(C)C)sc2-c2ccnc(Cl)n2)c1. The number of ether oxygens (including phenoxy) is 1. The molecule has 0 fully saturated rings. The van der Waals surface area contributed by atoms with E-state index in [-0.39, 0.29) is 17.8 Å². The van der Waals surface area contributed by atoms with Gasteiger partial charge in [0, 0.05) is 23.4 Å². The first-order chi connectivity index (χ1) is 13.5. The third-order valence-corrected chi connectivity index (χ3v) is 5.27. The third kappa shape index (κ3) is 4.74. The molecule has 2 heterocycles. The second kappa shape index (κ2) is 8.95. The van der Waals surface area contributed by atoms with E-state index in [9.17, 15) is 4.79 Å². The predicted octanol–water partition coefficient (Wildman–Crippen LogP) is 5.78. The van der Waals surface area contributed by atoms with Gasteiger partial charge in [-0.05, 0) is 29.8 Å². The van der Waals surface area contributed by atoms with Crippen LogP contribution in [0.25, 0.3) is 21.8 Å². The fourth-order valence-electron chi connectivity index (χ4n) is 2.45. The largest absolute Gasteiger partial charge is 0.445 e. The lowest BCUT2D eigenvalue weighted by Gasteiger charge is -2.08. The Hall–Kier alpha value is -2.77. The number of nitrogens with zero attached hydrogens (tertiary/aromatic N) is 3. The maximum atomic E-state index is 11.8. The van der Waals surface area contributed by atoms with Crippen molar-refractivity contribution in [2.24, 2.45) is 0 Å². The molecule has 1 aromatic carbocycles. The minimum Gasteiger partial charge on any atom is -0.445 e. The molecule has 1 amide bonds. The number of anilines is 1. The van der Waals surface area contributed by atoms with E-state index < -0.39 is 6.09 Å². The van der Waals surface area contributed by atoms with Gasteiger partial charge in [0.2, 0.25) is 5.28 Å². The van der Waals surface area contributed by atoms with Crippen molar-refractivity contribution in [3.63, 3.8) is 0 Å². The molecule has 0 bridgehead atoms. The molecule has 0 unspecified atom stereocenters. The number of thiazole rings is 1. The van der Waals surface area contributed by atoms with Crippen LogP contribution in [0, 0.1) is 0 Å². The van der Waals surface area contributed by atoms with Crippen molar-refractivity contribution in [1.29, 1.82) is 0 Å². The fourth-order valence-corrected chi connectivity index (χ4v) is 3.65. The zero-order valence-corrected chi connectivity index (χ0v) is 17.0. The van der Waals surface area contributed by atoms with E-state index in [1.807, 2.05) is 24.3 Å². The zero-order valence-electron chi connectivity index (χ0n) is 15.5. The van der Waals surface area contributed by atoms with Crippen molar-refractivity contribution in [3.05, 3.63) is 59.5 Å².